The molecule has 20 heavy (non-hydrogen) atoms. The number of amides is 1. The fraction of sp³-hybridized carbons (Fsp3) is 0.600. The third-order valence-electron chi connectivity index (χ3n) is 3.80. The highest BCUT2D eigenvalue weighted by Crippen LogP contribution is 2.22. The number of piperidine rings is 1. The molecule has 1 aliphatic heterocycles. The Balaban J connectivity index is 1.86. The maximum absolute atomic E-state index is 12.3. The van der Waals surface area contributed by atoms with Crippen molar-refractivity contribution < 1.29 is 14.7 Å². The van der Waals surface area contributed by atoms with Crippen LogP contribution in [0.4, 0.5) is 0 Å². The van der Waals surface area contributed by atoms with E-state index in [1.165, 1.54) is 4.88 Å². The Morgan fingerprint density at radius 1 is 1.35 bits per heavy atom. The summed E-state index contributed by atoms with van der Waals surface area (Å²) in [6.07, 6.45) is 5.13. The van der Waals surface area contributed by atoms with E-state index >= 15 is 0 Å². The zero-order valence-electron chi connectivity index (χ0n) is 11.6. The lowest BCUT2D eigenvalue weighted by Gasteiger charge is -2.35. The van der Waals surface area contributed by atoms with Crippen molar-refractivity contribution in [3.63, 3.8) is 0 Å². The summed E-state index contributed by atoms with van der Waals surface area (Å²) >= 11 is 1.68. The molecular weight excluding hydrogens is 274 g/mol. The van der Waals surface area contributed by atoms with Crippen LogP contribution in [0.15, 0.2) is 17.5 Å². The van der Waals surface area contributed by atoms with Gasteiger partial charge in [-0.25, -0.2) is 0 Å². The Hall–Kier alpha value is -1.36. The van der Waals surface area contributed by atoms with E-state index in [4.69, 9.17) is 5.11 Å². The Labute approximate surface area is 123 Å². The van der Waals surface area contributed by atoms with Crippen LogP contribution in [0.2, 0.25) is 0 Å². The molecule has 1 saturated heterocycles. The molecule has 1 unspecified atom stereocenters. The van der Waals surface area contributed by atoms with E-state index < -0.39 is 5.97 Å². The molecule has 1 atom stereocenters. The maximum Gasteiger partial charge on any atom is 0.303 e. The molecule has 0 aromatic carbocycles. The van der Waals surface area contributed by atoms with Crippen LogP contribution in [0.25, 0.3) is 0 Å². The summed E-state index contributed by atoms with van der Waals surface area (Å²) in [5.41, 5.74) is 0. The van der Waals surface area contributed by atoms with Gasteiger partial charge in [0.15, 0.2) is 0 Å². The van der Waals surface area contributed by atoms with Gasteiger partial charge < -0.3 is 10.0 Å². The standard InChI is InChI=1S/C15H21NO3S/c17-14(8-7-13-5-3-11-20-13)16-10-2-1-4-12(16)6-9-15(18)19/h3,5,11-12H,1-2,4,6-10H2,(H,18,19). The minimum Gasteiger partial charge on any atom is -0.481 e. The van der Waals surface area contributed by atoms with E-state index in [0.717, 1.165) is 32.2 Å². The number of carboxylic acids is 1. The first-order valence-electron chi connectivity index (χ1n) is 7.20. The predicted octanol–water partition coefficient (Wildman–Crippen LogP) is 2.93. The molecule has 1 N–H and O–H groups in total. The number of thiophene rings is 1. The molecular formula is C15H21NO3S. The van der Waals surface area contributed by atoms with Crippen molar-refractivity contribution in [2.24, 2.45) is 0 Å². The minimum absolute atomic E-state index is 0.121. The Morgan fingerprint density at radius 3 is 2.90 bits per heavy atom. The first kappa shape index (κ1) is 15.0. The summed E-state index contributed by atoms with van der Waals surface area (Å²) in [6.45, 7) is 0.785. The Morgan fingerprint density at radius 2 is 2.20 bits per heavy atom. The molecule has 1 amide bonds. The number of rotatable bonds is 6. The van der Waals surface area contributed by atoms with Gasteiger partial charge in [0.2, 0.25) is 5.91 Å². The first-order chi connectivity index (χ1) is 9.66. The van der Waals surface area contributed by atoms with Crippen molar-refractivity contribution in [2.75, 3.05) is 6.54 Å². The third-order valence-corrected chi connectivity index (χ3v) is 4.74. The second-order valence-electron chi connectivity index (χ2n) is 5.25. The van der Waals surface area contributed by atoms with Crippen LogP contribution in [0.1, 0.15) is 43.4 Å². The van der Waals surface area contributed by atoms with Crippen LogP contribution in [0, 0.1) is 0 Å². The van der Waals surface area contributed by atoms with Crippen LogP contribution >= 0.6 is 11.3 Å². The SMILES string of the molecule is O=C(O)CCC1CCCCN1C(=O)CCc1cccs1. The predicted molar refractivity (Wildman–Crippen MR) is 78.9 cm³/mol. The molecule has 0 saturated carbocycles. The topological polar surface area (TPSA) is 57.6 Å². The molecule has 1 aromatic rings. The zero-order chi connectivity index (χ0) is 14.4. The number of likely N-dealkylation sites (tertiary alicyclic amines) is 1. The second kappa shape index (κ2) is 7.43. The number of aryl methyl sites for hydroxylation is 1. The van der Waals surface area contributed by atoms with Gasteiger partial charge in [-0.1, -0.05) is 6.07 Å². The lowest BCUT2D eigenvalue weighted by molar-refractivity contribution is -0.140. The number of carbonyl (C=O) groups excluding carboxylic acids is 1. The second-order valence-corrected chi connectivity index (χ2v) is 6.28. The Kier molecular flexibility index (Phi) is 5.59. The van der Waals surface area contributed by atoms with Crippen molar-refractivity contribution in [3.8, 4) is 0 Å². The molecule has 110 valence electrons. The van der Waals surface area contributed by atoms with Crippen LogP contribution < -0.4 is 0 Å². The number of aliphatic carboxylic acids is 1. The lowest BCUT2D eigenvalue weighted by Crippen LogP contribution is -2.44. The van der Waals surface area contributed by atoms with Gasteiger partial charge in [0, 0.05) is 30.3 Å². The summed E-state index contributed by atoms with van der Waals surface area (Å²) in [7, 11) is 0. The molecule has 2 rings (SSSR count). The number of carbonyl (C=O) groups is 2. The van der Waals surface area contributed by atoms with E-state index in [0.29, 0.717) is 12.8 Å². The third kappa shape index (κ3) is 4.34. The maximum atomic E-state index is 12.3. The monoisotopic (exact) mass is 295 g/mol. The Bertz CT molecular complexity index is 444. The van der Waals surface area contributed by atoms with Crippen LogP contribution in [-0.2, 0) is 16.0 Å². The fourth-order valence-electron chi connectivity index (χ4n) is 2.75. The highest BCUT2D eigenvalue weighted by molar-refractivity contribution is 7.09. The summed E-state index contributed by atoms with van der Waals surface area (Å²) in [5.74, 6) is -0.602. The largest absolute Gasteiger partial charge is 0.481 e. The summed E-state index contributed by atoms with van der Waals surface area (Å²) < 4.78 is 0. The van der Waals surface area contributed by atoms with E-state index in [-0.39, 0.29) is 18.4 Å². The number of carboxylic acid groups (broad SMARTS) is 1. The van der Waals surface area contributed by atoms with Crippen molar-refractivity contribution in [2.45, 2.75) is 51.0 Å². The van der Waals surface area contributed by atoms with Crippen molar-refractivity contribution in [1.29, 1.82) is 0 Å². The molecule has 2 heterocycles. The van der Waals surface area contributed by atoms with Gasteiger partial charge in [0.05, 0.1) is 0 Å². The molecule has 0 spiro atoms. The van der Waals surface area contributed by atoms with Crippen LogP contribution in [-0.4, -0.2) is 34.5 Å². The highest BCUT2D eigenvalue weighted by Gasteiger charge is 2.26. The molecule has 1 aliphatic rings. The highest BCUT2D eigenvalue weighted by atomic mass is 32.1. The molecule has 0 bridgehead atoms. The van der Waals surface area contributed by atoms with Gasteiger partial charge in [-0.2, -0.15) is 0 Å². The van der Waals surface area contributed by atoms with Gasteiger partial charge in [-0.05, 0) is 43.6 Å². The van der Waals surface area contributed by atoms with Gasteiger partial charge >= 0.3 is 5.97 Å². The van der Waals surface area contributed by atoms with Crippen LogP contribution in [0.5, 0.6) is 0 Å². The van der Waals surface area contributed by atoms with E-state index in [2.05, 4.69) is 6.07 Å². The van der Waals surface area contributed by atoms with Gasteiger partial charge in [0.1, 0.15) is 0 Å². The molecule has 0 radical (unpaired) electrons. The number of nitrogens with zero attached hydrogens (tertiary/aromatic N) is 1. The molecule has 5 heteroatoms. The van der Waals surface area contributed by atoms with E-state index in [1.54, 1.807) is 11.3 Å². The number of hydrogen-bond acceptors (Lipinski definition) is 3. The summed E-state index contributed by atoms with van der Waals surface area (Å²) in [4.78, 5) is 26.2. The van der Waals surface area contributed by atoms with Crippen molar-refractivity contribution >= 4 is 23.2 Å². The fourth-order valence-corrected chi connectivity index (χ4v) is 3.46. The molecule has 1 aromatic heterocycles. The van der Waals surface area contributed by atoms with Crippen molar-refractivity contribution in [1.82, 2.24) is 4.90 Å². The lowest BCUT2D eigenvalue weighted by atomic mass is 9.97. The molecule has 0 aliphatic carbocycles. The molecule has 1 fully saturated rings. The van der Waals surface area contributed by atoms with Crippen molar-refractivity contribution in [3.05, 3.63) is 22.4 Å². The van der Waals surface area contributed by atoms with E-state index in [1.807, 2.05) is 16.3 Å². The van der Waals surface area contributed by atoms with Gasteiger partial charge in [-0.3, -0.25) is 9.59 Å². The van der Waals surface area contributed by atoms with E-state index in [9.17, 15) is 9.59 Å². The number of hydrogen-bond donors (Lipinski definition) is 1. The quantitative estimate of drug-likeness (QED) is 0.878. The summed E-state index contributed by atoms with van der Waals surface area (Å²) in [5, 5.41) is 10.8. The van der Waals surface area contributed by atoms with Crippen LogP contribution in [0.3, 0.4) is 0 Å². The van der Waals surface area contributed by atoms with Gasteiger partial charge in [0.25, 0.3) is 0 Å². The van der Waals surface area contributed by atoms with Gasteiger partial charge in [-0.15, -0.1) is 11.3 Å². The average Bonchev–Trinajstić information content (AvgIpc) is 2.96. The first-order valence-corrected chi connectivity index (χ1v) is 8.08. The smallest absolute Gasteiger partial charge is 0.303 e. The average molecular weight is 295 g/mol. The zero-order valence-corrected chi connectivity index (χ0v) is 12.4. The minimum atomic E-state index is -0.776. The summed E-state index contributed by atoms with van der Waals surface area (Å²) in [6, 6.07) is 4.17. The normalized spacial score (nSPS) is 19.0. The molecule has 4 nitrogen and oxygen atoms in total.